The molecule has 8 nitrogen and oxygen atoms in total. The Morgan fingerprint density at radius 3 is 2.66 bits per heavy atom. The number of amides is 1. The fourth-order valence-electron chi connectivity index (χ4n) is 4.26. The van der Waals surface area contributed by atoms with Crippen molar-refractivity contribution in [3.05, 3.63) is 18.0 Å². The van der Waals surface area contributed by atoms with Crippen LogP contribution in [0.4, 0.5) is 5.82 Å². The maximum Gasteiger partial charge on any atom is 0.222 e. The molecule has 2 fully saturated rings. The molecule has 0 radical (unpaired) electrons. The van der Waals surface area contributed by atoms with E-state index in [0.717, 1.165) is 56.2 Å². The van der Waals surface area contributed by atoms with Crippen molar-refractivity contribution >= 4 is 17.4 Å². The summed E-state index contributed by atoms with van der Waals surface area (Å²) in [5.74, 6) is 2.14. The van der Waals surface area contributed by atoms with Crippen molar-refractivity contribution < 1.29 is 4.79 Å². The Kier molecular flexibility index (Phi) is 5.23. The van der Waals surface area contributed by atoms with E-state index in [1.165, 1.54) is 0 Å². The van der Waals surface area contributed by atoms with E-state index < -0.39 is 0 Å². The Hall–Kier alpha value is -2.22. The summed E-state index contributed by atoms with van der Waals surface area (Å²) in [6.07, 6.45) is 3.96. The summed E-state index contributed by atoms with van der Waals surface area (Å²) in [6, 6.07) is 4.84. The molecule has 8 heteroatoms. The molecule has 4 rings (SSSR count). The lowest BCUT2D eigenvalue weighted by atomic mass is 9.96. The van der Waals surface area contributed by atoms with Gasteiger partial charge in [0.05, 0.1) is 0 Å². The van der Waals surface area contributed by atoms with Gasteiger partial charge in [0.2, 0.25) is 5.91 Å². The molecule has 2 aromatic rings. The van der Waals surface area contributed by atoms with Crippen LogP contribution < -0.4 is 4.90 Å². The highest BCUT2D eigenvalue weighted by molar-refractivity contribution is 5.76. The maximum absolute atomic E-state index is 12.2. The lowest BCUT2D eigenvalue weighted by Gasteiger charge is -2.46. The highest BCUT2D eigenvalue weighted by Gasteiger charge is 2.34. The third-order valence-electron chi connectivity index (χ3n) is 6.35. The molecule has 0 aliphatic carbocycles. The first-order chi connectivity index (χ1) is 13.7. The Bertz CT molecular complexity index is 881. The number of hydrogen-bond acceptors (Lipinski definition) is 6. The molecule has 2 aliphatic heterocycles. The smallest absolute Gasteiger partial charge is 0.222 e. The van der Waals surface area contributed by atoms with Crippen LogP contribution in [0.5, 0.6) is 0 Å². The second-order valence-corrected chi connectivity index (χ2v) is 9.64. The fourth-order valence-corrected chi connectivity index (χ4v) is 4.26. The van der Waals surface area contributed by atoms with Crippen LogP contribution in [0.2, 0.25) is 0 Å². The fraction of sp³-hybridized carbons (Fsp3) is 0.714. The van der Waals surface area contributed by atoms with E-state index in [-0.39, 0.29) is 11.3 Å². The molecule has 29 heavy (non-hydrogen) atoms. The monoisotopic (exact) mass is 399 g/mol. The van der Waals surface area contributed by atoms with Gasteiger partial charge in [0, 0.05) is 50.6 Å². The average molecular weight is 400 g/mol. The van der Waals surface area contributed by atoms with Gasteiger partial charge in [0.25, 0.3) is 0 Å². The normalized spacial score (nSPS) is 21.7. The molecule has 0 saturated carbocycles. The topological polar surface area (TPSA) is 69.9 Å². The van der Waals surface area contributed by atoms with Crippen molar-refractivity contribution in [1.29, 1.82) is 0 Å². The zero-order chi connectivity index (χ0) is 20.8. The highest BCUT2D eigenvalue weighted by atomic mass is 16.2. The van der Waals surface area contributed by atoms with Crippen LogP contribution in [0.15, 0.2) is 12.1 Å². The third-order valence-corrected chi connectivity index (χ3v) is 6.35. The minimum absolute atomic E-state index is 0.106. The minimum Gasteiger partial charge on any atom is -0.352 e. The van der Waals surface area contributed by atoms with Crippen molar-refractivity contribution in [2.75, 3.05) is 38.6 Å². The van der Waals surface area contributed by atoms with Crippen LogP contribution in [-0.2, 0) is 10.2 Å². The zero-order valence-electron chi connectivity index (χ0n) is 18.3. The van der Waals surface area contributed by atoms with Gasteiger partial charge in [-0.25, -0.2) is 0 Å². The molecule has 1 unspecified atom stereocenters. The Morgan fingerprint density at radius 2 is 1.93 bits per heavy atom. The van der Waals surface area contributed by atoms with Crippen molar-refractivity contribution in [2.45, 2.75) is 64.0 Å². The number of likely N-dealkylation sites (N-methyl/N-ethyl adjacent to an activating group) is 2. The van der Waals surface area contributed by atoms with Crippen molar-refractivity contribution in [3.63, 3.8) is 0 Å². The number of hydrogen-bond donors (Lipinski definition) is 0. The second kappa shape index (κ2) is 7.55. The van der Waals surface area contributed by atoms with Gasteiger partial charge in [-0.2, -0.15) is 4.52 Å². The Balaban J connectivity index is 1.40. The molecule has 0 spiro atoms. The van der Waals surface area contributed by atoms with Crippen molar-refractivity contribution in [2.24, 2.45) is 0 Å². The lowest BCUT2D eigenvalue weighted by molar-refractivity contribution is -0.131. The van der Waals surface area contributed by atoms with Gasteiger partial charge in [-0.15, -0.1) is 15.3 Å². The molecule has 2 aliphatic rings. The van der Waals surface area contributed by atoms with Crippen LogP contribution in [-0.4, -0.2) is 81.3 Å². The van der Waals surface area contributed by atoms with Crippen molar-refractivity contribution in [1.82, 2.24) is 29.6 Å². The number of fused-ring (bicyclic) bond motifs is 1. The number of likely N-dealkylation sites (tertiary alicyclic amines) is 1. The van der Waals surface area contributed by atoms with Gasteiger partial charge in [-0.05, 0) is 32.0 Å². The minimum atomic E-state index is -0.106. The molecule has 0 bridgehead atoms. The quantitative estimate of drug-likeness (QED) is 0.783. The maximum atomic E-state index is 12.2. The molecular formula is C21H33N7O. The lowest BCUT2D eigenvalue weighted by Crippen LogP contribution is -2.60. The van der Waals surface area contributed by atoms with Gasteiger partial charge >= 0.3 is 0 Å². The van der Waals surface area contributed by atoms with Crippen LogP contribution in [0, 0.1) is 0 Å². The summed E-state index contributed by atoms with van der Waals surface area (Å²) < 4.78 is 1.87. The number of carbonyl (C=O) groups excluding carboxylic acids is 1. The average Bonchev–Trinajstić information content (AvgIpc) is 2.99. The molecule has 158 valence electrons. The van der Waals surface area contributed by atoms with Crippen LogP contribution >= 0.6 is 0 Å². The van der Waals surface area contributed by atoms with E-state index in [1.807, 2.05) is 28.6 Å². The number of anilines is 1. The summed E-state index contributed by atoms with van der Waals surface area (Å²) in [5.41, 5.74) is 0.680. The summed E-state index contributed by atoms with van der Waals surface area (Å²) in [5, 5.41) is 13.4. The Labute approximate surface area is 172 Å². The summed E-state index contributed by atoms with van der Waals surface area (Å²) in [4.78, 5) is 18.8. The van der Waals surface area contributed by atoms with Crippen LogP contribution in [0.3, 0.4) is 0 Å². The van der Waals surface area contributed by atoms with E-state index in [0.29, 0.717) is 18.5 Å². The number of rotatable bonds is 4. The molecule has 0 N–H and O–H groups in total. The van der Waals surface area contributed by atoms with Gasteiger partial charge < -0.3 is 9.80 Å². The summed E-state index contributed by atoms with van der Waals surface area (Å²) in [6.45, 7) is 9.22. The Morgan fingerprint density at radius 1 is 1.17 bits per heavy atom. The molecule has 0 aromatic carbocycles. The van der Waals surface area contributed by atoms with Gasteiger partial charge in [0.1, 0.15) is 5.82 Å². The second-order valence-electron chi connectivity index (χ2n) is 9.64. The SMILES string of the molecule is CN(CC1CCCCC(=O)N1C)C1CN(c2ccc3nnc(C(C)(C)C)n3n2)C1. The van der Waals surface area contributed by atoms with Crippen LogP contribution in [0.1, 0.15) is 52.3 Å². The molecule has 2 saturated heterocycles. The largest absolute Gasteiger partial charge is 0.352 e. The highest BCUT2D eigenvalue weighted by Crippen LogP contribution is 2.25. The standard InChI is InChI=1S/C21H33N7O/c1-21(2,3)20-23-22-17-10-11-18(24-28(17)20)27-13-16(14-27)25(4)12-15-8-6-7-9-19(29)26(15)5/h10-11,15-16H,6-9,12-14H2,1-5H3. The molecule has 2 aromatic heterocycles. The zero-order valence-corrected chi connectivity index (χ0v) is 18.3. The van der Waals surface area contributed by atoms with Gasteiger partial charge in [-0.1, -0.05) is 27.2 Å². The number of nitrogens with zero attached hydrogens (tertiary/aromatic N) is 7. The third kappa shape index (κ3) is 3.95. The molecule has 4 heterocycles. The first kappa shape index (κ1) is 20.1. The molecular weight excluding hydrogens is 366 g/mol. The summed E-state index contributed by atoms with van der Waals surface area (Å²) in [7, 11) is 4.14. The number of aromatic nitrogens is 4. The van der Waals surface area contributed by atoms with Gasteiger partial charge in [0.15, 0.2) is 11.5 Å². The van der Waals surface area contributed by atoms with E-state index in [2.05, 4.69) is 47.8 Å². The molecule has 1 atom stereocenters. The van der Waals surface area contributed by atoms with E-state index in [9.17, 15) is 4.79 Å². The van der Waals surface area contributed by atoms with Crippen molar-refractivity contribution in [3.8, 4) is 0 Å². The van der Waals surface area contributed by atoms with Gasteiger partial charge in [-0.3, -0.25) is 9.69 Å². The first-order valence-electron chi connectivity index (χ1n) is 10.7. The molecule has 1 amide bonds. The van der Waals surface area contributed by atoms with Crippen LogP contribution in [0.25, 0.3) is 5.65 Å². The number of carbonyl (C=O) groups is 1. The first-order valence-corrected chi connectivity index (χ1v) is 10.7. The summed E-state index contributed by atoms with van der Waals surface area (Å²) >= 11 is 0. The predicted octanol–water partition coefficient (Wildman–Crippen LogP) is 1.94. The van der Waals surface area contributed by atoms with E-state index >= 15 is 0 Å². The van der Waals surface area contributed by atoms with E-state index in [4.69, 9.17) is 5.10 Å². The van der Waals surface area contributed by atoms with E-state index in [1.54, 1.807) is 0 Å². The predicted molar refractivity (Wildman–Crippen MR) is 113 cm³/mol.